The van der Waals surface area contributed by atoms with E-state index in [0.29, 0.717) is 36.3 Å². The highest BCUT2D eigenvalue weighted by Gasteiger charge is 2.44. The van der Waals surface area contributed by atoms with Gasteiger partial charge in [0.1, 0.15) is 17.4 Å². The number of rotatable bonds is 8. The van der Waals surface area contributed by atoms with Crippen LogP contribution < -0.4 is 15.6 Å². The highest BCUT2D eigenvalue weighted by molar-refractivity contribution is 7.23. The number of halogens is 1. The first kappa shape index (κ1) is 29.8. The maximum atomic E-state index is 14.2. The summed E-state index contributed by atoms with van der Waals surface area (Å²) in [4.78, 5) is 39.4. The van der Waals surface area contributed by atoms with E-state index < -0.39 is 0 Å². The lowest BCUT2D eigenvalue weighted by Crippen LogP contribution is -2.22. The molecule has 6 aromatic rings. The van der Waals surface area contributed by atoms with Crippen LogP contribution in [0.4, 0.5) is 10.2 Å². The summed E-state index contributed by atoms with van der Waals surface area (Å²) >= 11 is 1.57. The van der Waals surface area contributed by atoms with E-state index in [0.717, 1.165) is 74.7 Å². The van der Waals surface area contributed by atoms with Gasteiger partial charge in [-0.05, 0) is 90.9 Å². The first-order chi connectivity index (χ1) is 24.0. The van der Waals surface area contributed by atoms with E-state index in [2.05, 4.69) is 22.6 Å². The summed E-state index contributed by atoms with van der Waals surface area (Å²) in [7, 11) is 1.71. The molecule has 1 aliphatic carbocycles. The van der Waals surface area contributed by atoms with Crippen molar-refractivity contribution >= 4 is 33.1 Å². The van der Waals surface area contributed by atoms with Gasteiger partial charge in [-0.25, -0.2) is 9.37 Å². The molecule has 4 aromatic heterocycles. The first-order valence-electron chi connectivity index (χ1n) is 16.6. The number of pyridine rings is 2. The van der Waals surface area contributed by atoms with Crippen molar-refractivity contribution in [3.05, 3.63) is 117 Å². The van der Waals surface area contributed by atoms with E-state index >= 15 is 0 Å². The zero-order chi connectivity index (χ0) is 33.2. The van der Waals surface area contributed by atoms with Crippen LogP contribution in [0.2, 0.25) is 0 Å². The van der Waals surface area contributed by atoms with Crippen LogP contribution in [0.25, 0.3) is 31.9 Å². The molecular formula is C38H32FN5O4S. The second-order valence-corrected chi connectivity index (χ2v) is 13.9. The summed E-state index contributed by atoms with van der Waals surface area (Å²) < 4.78 is 26.1. The number of aromatic amines is 1. The number of methoxy groups -OCH3 is 1. The van der Waals surface area contributed by atoms with Gasteiger partial charge in [0.05, 0.1) is 52.5 Å². The average molecular weight is 674 g/mol. The van der Waals surface area contributed by atoms with Crippen molar-refractivity contribution in [2.24, 2.45) is 0 Å². The molecule has 11 heteroatoms. The highest BCUT2D eigenvalue weighted by atomic mass is 32.1. The number of carbonyl (C=O) groups excluding carboxylic acids is 1. The molecule has 1 amide bonds. The summed E-state index contributed by atoms with van der Waals surface area (Å²) in [6.07, 6.45) is 6.50. The zero-order valence-electron chi connectivity index (χ0n) is 26.7. The fraction of sp³-hybridized carbons (Fsp3) is 0.263. The summed E-state index contributed by atoms with van der Waals surface area (Å²) in [5.74, 6) is 1.67. The van der Waals surface area contributed by atoms with Crippen LogP contribution in [-0.2, 0) is 19.3 Å². The number of aryl methyl sites for hydroxylation is 2. The molecule has 0 radical (unpaired) electrons. The van der Waals surface area contributed by atoms with E-state index in [-0.39, 0.29) is 29.4 Å². The number of hydrogen-bond donors (Lipinski definition) is 2. The Hall–Kier alpha value is -5.29. The maximum absolute atomic E-state index is 14.2. The molecule has 246 valence electrons. The molecule has 49 heavy (non-hydrogen) atoms. The fourth-order valence-electron chi connectivity index (χ4n) is 7.88. The molecule has 0 spiro atoms. The Labute approximate surface area is 284 Å². The number of nitrogens with one attached hydrogen (secondary N) is 2. The van der Waals surface area contributed by atoms with Gasteiger partial charge in [-0.3, -0.25) is 14.6 Å². The van der Waals surface area contributed by atoms with Gasteiger partial charge in [0.25, 0.3) is 11.5 Å². The van der Waals surface area contributed by atoms with E-state index in [4.69, 9.17) is 19.2 Å². The normalized spacial score (nSPS) is 17.8. The van der Waals surface area contributed by atoms with Crippen LogP contribution in [0.3, 0.4) is 0 Å². The Morgan fingerprint density at radius 3 is 2.76 bits per heavy atom. The third-order valence-corrected chi connectivity index (χ3v) is 11.3. The van der Waals surface area contributed by atoms with E-state index in [9.17, 15) is 14.0 Å². The number of hydrogen-bond acceptors (Lipinski definition) is 8. The lowest BCUT2D eigenvalue weighted by molar-refractivity contribution is 0.0776. The van der Waals surface area contributed by atoms with Gasteiger partial charge in [0.2, 0.25) is 0 Å². The molecule has 1 fully saturated rings. The second kappa shape index (κ2) is 11.7. The number of amides is 1. The molecule has 0 bridgehead atoms. The largest absolute Gasteiger partial charge is 0.496 e. The molecule has 2 N–H and O–H groups in total. The van der Waals surface area contributed by atoms with E-state index in [1.165, 1.54) is 29.3 Å². The van der Waals surface area contributed by atoms with Crippen LogP contribution in [-0.4, -0.2) is 39.6 Å². The first-order valence-corrected chi connectivity index (χ1v) is 17.4. The van der Waals surface area contributed by atoms with Gasteiger partial charge in [0, 0.05) is 23.2 Å². The summed E-state index contributed by atoms with van der Waals surface area (Å²) in [5.41, 5.74) is 6.44. The summed E-state index contributed by atoms with van der Waals surface area (Å²) in [6, 6.07) is 18.1. The Balaban J connectivity index is 1.20. The monoisotopic (exact) mass is 673 g/mol. The Morgan fingerprint density at radius 1 is 1.06 bits per heavy atom. The number of fused-ring (bicyclic) bond motifs is 5. The number of H-pyrrole nitrogens is 1. The number of thiophene rings is 1. The third kappa shape index (κ3) is 4.94. The molecular weight excluding hydrogens is 642 g/mol. The zero-order valence-corrected chi connectivity index (χ0v) is 27.5. The van der Waals surface area contributed by atoms with E-state index in [1.54, 1.807) is 36.8 Å². The van der Waals surface area contributed by atoms with Crippen LogP contribution in [0.5, 0.6) is 5.75 Å². The Morgan fingerprint density at radius 2 is 1.94 bits per heavy atom. The van der Waals surface area contributed by atoms with Crippen LogP contribution in [0.15, 0.2) is 76.2 Å². The van der Waals surface area contributed by atoms with Gasteiger partial charge in [0.15, 0.2) is 5.76 Å². The van der Waals surface area contributed by atoms with Crippen molar-refractivity contribution in [1.82, 2.24) is 20.0 Å². The van der Waals surface area contributed by atoms with Gasteiger partial charge in [-0.1, -0.05) is 24.3 Å². The SMILES string of the molecule is COc1cccc2c1CCC2Nc1nccc2cc(-c3c4c(nc(CCc5ccc(F)cc5)c3-c3cc(=O)[nH]o3)C3CCCN3C4=O)sc12. The second-order valence-electron chi connectivity index (χ2n) is 12.9. The lowest BCUT2D eigenvalue weighted by atomic mass is 9.92. The van der Waals surface area contributed by atoms with Crippen molar-refractivity contribution in [3.8, 4) is 27.5 Å². The molecule has 9 nitrogen and oxygen atoms in total. The van der Waals surface area contributed by atoms with Crippen molar-refractivity contribution in [2.45, 2.75) is 50.6 Å². The molecule has 2 atom stereocenters. The molecule has 1 saturated heterocycles. The molecule has 2 aromatic carbocycles. The standard InChI is InChI=1S/C38H32FN5O4S/c1-47-28-6-2-4-23-24(28)12-14-25(23)42-37-36-21(15-16-40-37)18-30(49-36)33-32(29-19-31(45)43-48-29)26(13-9-20-7-10-22(39)11-8-20)41-35-27-5-3-17-44(27)38(46)34(33)35/h2,4,6-8,10-11,15-16,18-19,25,27H,3,5,9,12-14,17H2,1H3,(H,40,42)(H,43,45). The minimum Gasteiger partial charge on any atom is -0.496 e. The number of ether oxygens (including phenoxy) is 1. The molecule has 2 aliphatic heterocycles. The predicted octanol–water partition coefficient (Wildman–Crippen LogP) is 7.63. The third-order valence-electron chi connectivity index (χ3n) is 10.1. The molecule has 9 rings (SSSR count). The molecule has 6 heterocycles. The molecule has 2 unspecified atom stereocenters. The highest BCUT2D eigenvalue weighted by Crippen LogP contribution is 2.51. The predicted molar refractivity (Wildman–Crippen MR) is 186 cm³/mol. The molecule has 0 saturated carbocycles. The van der Waals surface area contributed by atoms with Crippen molar-refractivity contribution in [1.29, 1.82) is 0 Å². The minimum absolute atomic E-state index is 0.0466. The van der Waals surface area contributed by atoms with E-state index in [1.807, 2.05) is 23.1 Å². The van der Waals surface area contributed by atoms with Crippen LogP contribution in [0, 0.1) is 5.82 Å². The van der Waals surface area contributed by atoms with Gasteiger partial charge in [-0.15, -0.1) is 11.3 Å². The van der Waals surface area contributed by atoms with Crippen LogP contribution >= 0.6 is 11.3 Å². The van der Waals surface area contributed by atoms with Crippen molar-refractivity contribution < 1.29 is 18.4 Å². The van der Waals surface area contributed by atoms with Crippen molar-refractivity contribution in [2.75, 3.05) is 19.0 Å². The Bertz CT molecular complexity index is 2330. The number of benzene rings is 2. The fourth-order valence-corrected chi connectivity index (χ4v) is 9.05. The summed E-state index contributed by atoms with van der Waals surface area (Å²) in [5, 5.41) is 7.15. The van der Waals surface area contributed by atoms with Gasteiger partial charge < -0.3 is 19.5 Å². The average Bonchev–Trinajstić information content (AvgIpc) is 3.95. The van der Waals surface area contributed by atoms with Crippen LogP contribution in [0.1, 0.15) is 69.8 Å². The van der Waals surface area contributed by atoms with Crippen molar-refractivity contribution in [3.63, 3.8) is 0 Å². The smallest absolute Gasteiger partial charge is 0.280 e. The number of aromatic nitrogens is 3. The number of nitrogens with zero attached hydrogens (tertiary/aromatic N) is 3. The Kier molecular flexibility index (Phi) is 7.12. The van der Waals surface area contributed by atoms with Gasteiger partial charge in [-0.2, -0.15) is 5.16 Å². The molecule has 3 aliphatic rings. The number of anilines is 1. The quantitative estimate of drug-likeness (QED) is 0.171. The maximum Gasteiger partial charge on any atom is 0.280 e. The number of carbonyl (C=O) groups is 1. The van der Waals surface area contributed by atoms with Gasteiger partial charge >= 0.3 is 0 Å². The topological polar surface area (TPSA) is 113 Å². The lowest BCUT2D eigenvalue weighted by Gasteiger charge is -2.17. The summed E-state index contributed by atoms with van der Waals surface area (Å²) in [6.45, 7) is 0.677. The minimum atomic E-state index is -0.376.